The number of benzene rings is 2. The predicted octanol–water partition coefficient (Wildman–Crippen LogP) is 5.11. The number of halogens is 2. The molecule has 0 radical (unpaired) electrons. The van der Waals surface area contributed by atoms with E-state index < -0.39 is 0 Å². The topological polar surface area (TPSA) is 45.0 Å². The number of phenolic OH excluding ortho intramolecular Hbond substituents is 1. The summed E-state index contributed by atoms with van der Waals surface area (Å²) in [6.45, 7) is 0. The highest BCUT2D eigenvalue weighted by atomic mass is 35.5. The summed E-state index contributed by atoms with van der Waals surface area (Å²) in [6.07, 6.45) is 0. The monoisotopic (exact) mass is 266 g/mol. The summed E-state index contributed by atoms with van der Waals surface area (Å²) in [4.78, 5) is 0. The number of hydrogen-bond acceptors (Lipinski definition) is 3. The normalized spacial score (nSPS) is 10.9. The summed E-state index contributed by atoms with van der Waals surface area (Å²) in [5.74, 6) is -0.00443. The maximum atomic E-state index is 9.55. The molecule has 0 saturated carbocycles. The van der Waals surface area contributed by atoms with E-state index in [-0.39, 0.29) is 5.75 Å². The minimum absolute atomic E-state index is 0.00443. The lowest BCUT2D eigenvalue weighted by molar-refractivity contribution is 0.476. The fraction of sp³-hybridized carbons (Fsp3) is 0. The van der Waals surface area contributed by atoms with E-state index in [4.69, 9.17) is 23.2 Å². The lowest BCUT2D eigenvalue weighted by Gasteiger charge is -1.98. The minimum atomic E-state index is -0.00443. The molecule has 0 aliphatic rings. The van der Waals surface area contributed by atoms with Crippen LogP contribution in [0.3, 0.4) is 0 Å². The Morgan fingerprint density at radius 3 is 2.12 bits per heavy atom. The molecule has 0 unspecified atom stereocenters. The smallest absolute Gasteiger partial charge is 0.144 e. The number of phenols is 1. The van der Waals surface area contributed by atoms with Crippen LogP contribution in [-0.4, -0.2) is 5.11 Å². The molecule has 5 heteroatoms. The second kappa shape index (κ2) is 5.17. The SMILES string of the molecule is Oc1cc(Cl)ccc1N=Nc1ccc(Cl)cc1. The van der Waals surface area contributed by atoms with Crippen molar-refractivity contribution in [1.82, 2.24) is 0 Å². The molecule has 0 bridgehead atoms. The average molecular weight is 267 g/mol. The van der Waals surface area contributed by atoms with Crippen molar-refractivity contribution in [3.63, 3.8) is 0 Å². The fourth-order valence-electron chi connectivity index (χ4n) is 1.20. The molecule has 2 aromatic rings. The Labute approximate surface area is 108 Å². The van der Waals surface area contributed by atoms with Gasteiger partial charge in [-0.2, -0.15) is 5.11 Å². The van der Waals surface area contributed by atoms with Gasteiger partial charge >= 0.3 is 0 Å². The van der Waals surface area contributed by atoms with Gasteiger partial charge in [0.05, 0.1) is 5.69 Å². The van der Waals surface area contributed by atoms with Gasteiger partial charge in [-0.3, -0.25) is 0 Å². The molecule has 2 rings (SSSR count). The van der Waals surface area contributed by atoms with Crippen molar-refractivity contribution in [2.24, 2.45) is 10.2 Å². The highest BCUT2D eigenvalue weighted by Crippen LogP contribution is 2.30. The van der Waals surface area contributed by atoms with Crippen molar-refractivity contribution in [2.45, 2.75) is 0 Å². The maximum Gasteiger partial charge on any atom is 0.144 e. The summed E-state index contributed by atoms with van der Waals surface area (Å²) in [5, 5.41) is 18.5. The Hall–Kier alpha value is -1.58. The number of hydrogen-bond donors (Lipinski definition) is 1. The summed E-state index contributed by atoms with van der Waals surface area (Å²) in [7, 11) is 0. The lowest BCUT2D eigenvalue weighted by atomic mass is 10.3. The quantitative estimate of drug-likeness (QED) is 0.754. The molecule has 0 aliphatic carbocycles. The van der Waals surface area contributed by atoms with Crippen LogP contribution in [0.1, 0.15) is 0 Å². The first kappa shape index (κ1) is 11.9. The first-order valence-corrected chi connectivity index (χ1v) is 5.56. The molecule has 0 spiro atoms. The summed E-state index contributed by atoms with van der Waals surface area (Å²) >= 11 is 11.4. The van der Waals surface area contributed by atoms with Gasteiger partial charge in [0, 0.05) is 16.1 Å². The fourth-order valence-corrected chi connectivity index (χ4v) is 1.49. The highest BCUT2D eigenvalue weighted by Gasteiger charge is 2.00. The largest absolute Gasteiger partial charge is 0.506 e. The first-order chi connectivity index (χ1) is 8.15. The van der Waals surface area contributed by atoms with E-state index in [9.17, 15) is 5.11 Å². The third kappa shape index (κ3) is 3.19. The van der Waals surface area contributed by atoms with Crippen LogP contribution in [0.2, 0.25) is 10.0 Å². The molecular formula is C12H8Cl2N2O. The Balaban J connectivity index is 2.23. The second-order valence-electron chi connectivity index (χ2n) is 3.31. The maximum absolute atomic E-state index is 9.55. The molecule has 0 fully saturated rings. The van der Waals surface area contributed by atoms with Crippen LogP contribution < -0.4 is 0 Å². The van der Waals surface area contributed by atoms with Crippen molar-refractivity contribution in [1.29, 1.82) is 0 Å². The van der Waals surface area contributed by atoms with Gasteiger partial charge in [-0.25, -0.2) is 0 Å². The van der Waals surface area contributed by atoms with Crippen LogP contribution in [0.5, 0.6) is 5.75 Å². The van der Waals surface area contributed by atoms with Crippen molar-refractivity contribution >= 4 is 34.6 Å². The van der Waals surface area contributed by atoms with Crippen LogP contribution in [0.25, 0.3) is 0 Å². The van der Waals surface area contributed by atoms with Gasteiger partial charge < -0.3 is 5.11 Å². The van der Waals surface area contributed by atoms with Crippen LogP contribution in [-0.2, 0) is 0 Å². The second-order valence-corrected chi connectivity index (χ2v) is 4.18. The average Bonchev–Trinajstić information content (AvgIpc) is 2.30. The Morgan fingerprint density at radius 2 is 1.47 bits per heavy atom. The van der Waals surface area contributed by atoms with Crippen molar-refractivity contribution in [3.8, 4) is 5.75 Å². The zero-order valence-electron chi connectivity index (χ0n) is 8.64. The van der Waals surface area contributed by atoms with Gasteiger partial charge in [-0.1, -0.05) is 23.2 Å². The molecule has 0 atom stereocenters. The van der Waals surface area contributed by atoms with E-state index in [2.05, 4.69) is 10.2 Å². The van der Waals surface area contributed by atoms with Gasteiger partial charge in [-0.15, -0.1) is 5.11 Å². The molecule has 0 heterocycles. The Kier molecular flexibility index (Phi) is 3.61. The van der Waals surface area contributed by atoms with Gasteiger partial charge in [0.1, 0.15) is 11.4 Å². The standard InChI is InChI=1S/C12H8Cl2N2O/c13-8-1-4-10(5-2-8)15-16-11-6-3-9(14)7-12(11)17/h1-7,17H. The summed E-state index contributed by atoms with van der Waals surface area (Å²) in [6, 6.07) is 11.6. The Morgan fingerprint density at radius 1 is 0.824 bits per heavy atom. The highest BCUT2D eigenvalue weighted by molar-refractivity contribution is 6.31. The Bertz CT molecular complexity index is 553. The number of nitrogens with zero attached hydrogens (tertiary/aromatic N) is 2. The zero-order chi connectivity index (χ0) is 12.3. The molecule has 0 saturated heterocycles. The molecule has 3 nitrogen and oxygen atoms in total. The van der Waals surface area contributed by atoms with E-state index >= 15 is 0 Å². The van der Waals surface area contributed by atoms with E-state index in [1.165, 1.54) is 6.07 Å². The van der Waals surface area contributed by atoms with Crippen LogP contribution >= 0.6 is 23.2 Å². The van der Waals surface area contributed by atoms with Gasteiger partial charge in [0.25, 0.3) is 0 Å². The first-order valence-electron chi connectivity index (χ1n) is 4.81. The molecule has 0 amide bonds. The third-order valence-corrected chi connectivity index (χ3v) is 2.52. The zero-order valence-corrected chi connectivity index (χ0v) is 10.2. The number of aromatic hydroxyl groups is 1. The van der Waals surface area contributed by atoms with Crippen molar-refractivity contribution in [2.75, 3.05) is 0 Å². The summed E-state index contributed by atoms with van der Waals surface area (Å²) in [5.41, 5.74) is 1.02. The molecule has 86 valence electrons. The number of rotatable bonds is 2. The van der Waals surface area contributed by atoms with Gasteiger partial charge in [-0.05, 0) is 36.4 Å². The predicted molar refractivity (Wildman–Crippen MR) is 68.7 cm³/mol. The third-order valence-electron chi connectivity index (χ3n) is 2.04. The van der Waals surface area contributed by atoms with Gasteiger partial charge in [0.15, 0.2) is 0 Å². The van der Waals surface area contributed by atoms with E-state index in [0.29, 0.717) is 21.4 Å². The molecule has 1 N–H and O–H groups in total. The molecular weight excluding hydrogens is 259 g/mol. The summed E-state index contributed by atoms with van der Waals surface area (Å²) < 4.78 is 0. The molecule has 17 heavy (non-hydrogen) atoms. The van der Waals surface area contributed by atoms with E-state index in [1.807, 2.05) is 0 Å². The van der Waals surface area contributed by atoms with Crippen LogP contribution in [0, 0.1) is 0 Å². The molecule has 2 aromatic carbocycles. The lowest BCUT2D eigenvalue weighted by Crippen LogP contribution is -1.69. The minimum Gasteiger partial charge on any atom is -0.506 e. The van der Waals surface area contributed by atoms with Crippen molar-refractivity contribution < 1.29 is 5.11 Å². The number of azo groups is 1. The van der Waals surface area contributed by atoms with Crippen molar-refractivity contribution in [3.05, 3.63) is 52.5 Å². The molecule has 0 aromatic heterocycles. The van der Waals surface area contributed by atoms with E-state index in [1.54, 1.807) is 36.4 Å². The van der Waals surface area contributed by atoms with E-state index in [0.717, 1.165) is 0 Å². The van der Waals surface area contributed by atoms with Crippen LogP contribution in [0.4, 0.5) is 11.4 Å². The van der Waals surface area contributed by atoms with Crippen LogP contribution in [0.15, 0.2) is 52.7 Å². The molecule has 0 aliphatic heterocycles. The van der Waals surface area contributed by atoms with Gasteiger partial charge in [0.2, 0.25) is 0 Å².